The van der Waals surface area contributed by atoms with Crippen molar-refractivity contribution in [2.75, 3.05) is 31.6 Å². The van der Waals surface area contributed by atoms with Crippen LogP contribution in [0.25, 0.3) is 0 Å². The van der Waals surface area contributed by atoms with Gasteiger partial charge in [-0.2, -0.15) is 0 Å². The fraction of sp³-hybridized carbons (Fsp3) is 0.571. The Bertz CT molecular complexity index is 411. The Labute approximate surface area is 105 Å². The number of fused-ring (bicyclic) bond motifs is 1. The van der Waals surface area contributed by atoms with Crippen LogP contribution in [-0.2, 0) is 6.42 Å². The minimum atomic E-state index is 0.773. The molecule has 2 nitrogen and oxygen atoms in total. The normalized spacial score (nSPS) is 21.8. The number of nitrogens with zero attached hydrogens (tertiary/aromatic N) is 2. The van der Waals surface area contributed by atoms with E-state index >= 15 is 0 Å². The number of anilines is 1. The lowest BCUT2D eigenvalue weighted by Crippen LogP contribution is -2.43. The molecule has 2 heterocycles. The van der Waals surface area contributed by atoms with Gasteiger partial charge in [0.2, 0.25) is 0 Å². The summed E-state index contributed by atoms with van der Waals surface area (Å²) in [5, 5.41) is 0. The van der Waals surface area contributed by atoms with Crippen molar-refractivity contribution in [3.8, 4) is 0 Å². The molecule has 17 heavy (non-hydrogen) atoms. The van der Waals surface area contributed by atoms with Crippen LogP contribution in [0.3, 0.4) is 0 Å². The van der Waals surface area contributed by atoms with Gasteiger partial charge in [-0.25, -0.2) is 0 Å². The third-order valence-electron chi connectivity index (χ3n) is 4.30. The highest BCUT2D eigenvalue weighted by atomic mass is 15.2. The van der Waals surface area contributed by atoms with E-state index in [2.05, 4.69) is 42.9 Å². The van der Waals surface area contributed by atoms with Crippen LogP contribution in [0, 0.1) is 0 Å². The van der Waals surface area contributed by atoms with E-state index in [1.807, 2.05) is 0 Å². The number of piperidine rings is 1. The zero-order valence-corrected chi connectivity index (χ0v) is 10.9. The molecule has 0 atom stereocenters. The fourth-order valence-electron chi connectivity index (χ4n) is 3.24. The maximum absolute atomic E-state index is 2.65. The molecule has 0 radical (unpaired) electrons. The smallest absolute Gasteiger partial charge is 0.139 e. The number of hydrogen-bond donors (Lipinski definition) is 0. The third kappa shape index (κ3) is 2.08. The summed E-state index contributed by atoms with van der Waals surface area (Å²) in [6, 6.07) is 7.72. The lowest BCUT2D eigenvalue weighted by molar-refractivity contribution is 0.251. The number of rotatable bonds is 1. The maximum Gasteiger partial charge on any atom is 0.139 e. The molecule has 0 spiro atoms. The van der Waals surface area contributed by atoms with Gasteiger partial charge in [-0.1, -0.05) is 17.6 Å². The van der Waals surface area contributed by atoms with Crippen LogP contribution in [0.15, 0.2) is 18.2 Å². The summed E-state index contributed by atoms with van der Waals surface area (Å²) < 4.78 is 0. The van der Waals surface area contributed by atoms with E-state index in [0.717, 1.165) is 6.04 Å². The summed E-state index contributed by atoms with van der Waals surface area (Å²) in [6.07, 6.45) is 3.89. The van der Waals surface area contributed by atoms with E-state index in [-0.39, 0.29) is 0 Å². The van der Waals surface area contributed by atoms with Crippen molar-refractivity contribution >= 4 is 19.0 Å². The average molecular weight is 228 g/mol. The zero-order valence-electron chi connectivity index (χ0n) is 10.9. The van der Waals surface area contributed by atoms with E-state index in [0.29, 0.717) is 0 Å². The van der Waals surface area contributed by atoms with E-state index in [4.69, 9.17) is 0 Å². The van der Waals surface area contributed by atoms with E-state index < -0.39 is 0 Å². The Hall–Kier alpha value is -0.955. The van der Waals surface area contributed by atoms with E-state index in [1.165, 1.54) is 50.0 Å². The second kappa shape index (κ2) is 4.38. The van der Waals surface area contributed by atoms with E-state index in [1.54, 1.807) is 5.56 Å². The van der Waals surface area contributed by atoms with Gasteiger partial charge < -0.3 is 9.80 Å². The van der Waals surface area contributed by atoms with Crippen molar-refractivity contribution in [1.82, 2.24) is 4.90 Å². The van der Waals surface area contributed by atoms with Crippen molar-refractivity contribution in [2.24, 2.45) is 0 Å². The molecule has 0 unspecified atom stereocenters. The molecule has 2 aliphatic heterocycles. The fourth-order valence-corrected chi connectivity index (χ4v) is 3.24. The summed E-state index contributed by atoms with van der Waals surface area (Å²) in [7, 11) is 4.43. The molecule has 1 aromatic carbocycles. The molecule has 3 rings (SSSR count). The highest BCUT2D eigenvalue weighted by molar-refractivity contribution is 6.32. The standard InChI is InChI=1S/C14H21BN2/c1-16-7-5-13(6-8-16)17-9-4-11-10-12(15)2-3-14(11)17/h2-3,10,13H,4-9,15H2,1H3. The van der Waals surface area contributed by atoms with Crippen LogP contribution < -0.4 is 10.4 Å². The van der Waals surface area contributed by atoms with Gasteiger partial charge in [0.15, 0.2) is 0 Å². The molecular weight excluding hydrogens is 207 g/mol. The molecule has 1 saturated heterocycles. The van der Waals surface area contributed by atoms with Crippen LogP contribution in [0.2, 0.25) is 0 Å². The average Bonchev–Trinajstić information content (AvgIpc) is 2.73. The Balaban J connectivity index is 1.79. The second-order valence-electron chi connectivity index (χ2n) is 5.61. The van der Waals surface area contributed by atoms with Gasteiger partial charge in [-0.05, 0) is 51.0 Å². The Morgan fingerprint density at radius 2 is 1.94 bits per heavy atom. The first-order chi connectivity index (χ1) is 8.24. The minimum absolute atomic E-state index is 0.773. The number of hydrogen-bond acceptors (Lipinski definition) is 2. The number of benzene rings is 1. The first-order valence-electron chi connectivity index (χ1n) is 6.79. The molecule has 3 heteroatoms. The van der Waals surface area contributed by atoms with Crippen molar-refractivity contribution in [3.63, 3.8) is 0 Å². The summed E-state index contributed by atoms with van der Waals surface area (Å²) >= 11 is 0. The molecule has 1 fully saturated rings. The quantitative estimate of drug-likeness (QED) is 0.642. The molecule has 0 aliphatic carbocycles. The second-order valence-corrected chi connectivity index (χ2v) is 5.61. The summed E-state index contributed by atoms with van der Waals surface area (Å²) in [6.45, 7) is 3.73. The molecule has 0 N–H and O–H groups in total. The predicted octanol–water partition coefficient (Wildman–Crippen LogP) is 0.402. The van der Waals surface area contributed by atoms with Crippen LogP contribution >= 0.6 is 0 Å². The molecule has 0 saturated carbocycles. The summed E-state index contributed by atoms with van der Waals surface area (Å²) in [5.41, 5.74) is 4.46. The molecule has 0 amide bonds. The SMILES string of the molecule is Bc1ccc2c(c1)CCN2C1CCN(C)CC1. The molecule has 90 valence electrons. The van der Waals surface area contributed by atoms with Gasteiger partial charge in [0, 0.05) is 18.3 Å². The van der Waals surface area contributed by atoms with Gasteiger partial charge in [-0.3, -0.25) is 0 Å². The van der Waals surface area contributed by atoms with Crippen molar-refractivity contribution in [2.45, 2.75) is 25.3 Å². The highest BCUT2D eigenvalue weighted by Crippen LogP contribution is 2.31. The van der Waals surface area contributed by atoms with Crippen LogP contribution in [0.1, 0.15) is 18.4 Å². The molecular formula is C14H21BN2. The Morgan fingerprint density at radius 1 is 1.18 bits per heavy atom. The maximum atomic E-state index is 2.65. The van der Waals surface area contributed by atoms with E-state index in [9.17, 15) is 0 Å². The van der Waals surface area contributed by atoms with Gasteiger partial charge in [-0.15, -0.1) is 0 Å². The monoisotopic (exact) mass is 228 g/mol. The lowest BCUT2D eigenvalue weighted by Gasteiger charge is -2.36. The topological polar surface area (TPSA) is 6.48 Å². The summed E-state index contributed by atoms with van der Waals surface area (Å²) in [4.78, 5) is 5.10. The van der Waals surface area contributed by atoms with Gasteiger partial charge in [0.05, 0.1) is 0 Å². The van der Waals surface area contributed by atoms with Crippen LogP contribution in [-0.4, -0.2) is 45.5 Å². The predicted molar refractivity (Wildman–Crippen MR) is 76.2 cm³/mol. The highest BCUT2D eigenvalue weighted by Gasteiger charge is 2.28. The first kappa shape index (κ1) is 11.2. The Kier molecular flexibility index (Phi) is 2.87. The van der Waals surface area contributed by atoms with Crippen LogP contribution in [0.4, 0.5) is 5.69 Å². The third-order valence-corrected chi connectivity index (χ3v) is 4.30. The van der Waals surface area contributed by atoms with Crippen molar-refractivity contribution in [1.29, 1.82) is 0 Å². The zero-order chi connectivity index (χ0) is 11.8. The molecule has 0 bridgehead atoms. The van der Waals surface area contributed by atoms with Crippen molar-refractivity contribution < 1.29 is 0 Å². The van der Waals surface area contributed by atoms with Crippen molar-refractivity contribution in [3.05, 3.63) is 23.8 Å². The van der Waals surface area contributed by atoms with Gasteiger partial charge in [0.1, 0.15) is 7.85 Å². The molecule has 2 aliphatic rings. The molecule has 1 aromatic rings. The molecule has 0 aromatic heterocycles. The van der Waals surface area contributed by atoms with Gasteiger partial charge >= 0.3 is 0 Å². The first-order valence-corrected chi connectivity index (χ1v) is 6.79. The number of likely N-dealkylation sites (tertiary alicyclic amines) is 1. The summed E-state index contributed by atoms with van der Waals surface area (Å²) in [5.74, 6) is 0. The Morgan fingerprint density at radius 3 is 2.71 bits per heavy atom. The lowest BCUT2D eigenvalue weighted by atomic mass is 9.93. The largest absolute Gasteiger partial charge is 0.368 e. The van der Waals surface area contributed by atoms with Gasteiger partial charge in [0.25, 0.3) is 0 Å². The minimum Gasteiger partial charge on any atom is -0.368 e. The van der Waals surface area contributed by atoms with Crippen LogP contribution in [0.5, 0.6) is 0 Å².